The predicted octanol–water partition coefficient (Wildman–Crippen LogP) is 17.6. The van der Waals surface area contributed by atoms with Crippen LogP contribution >= 0.6 is 0 Å². The Morgan fingerprint density at radius 2 is 0.711 bits per heavy atom. The van der Waals surface area contributed by atoms with Crippen molar-refractivity contribution in [2.45, 2.75) is 376 Å². The number of unbranched alkanes of at least 4 members (excludes halogenated alkanes) is 31. The summed E-state index contributed by atoms with van der Waals surface area (Å²) in [6.07, 6.45) is 79.3. The summed E-state index contributed by atoms with van der Waals surface area (Å²) in [7, 11) is 0. The molecule has 0 aromatic carbocycles. The molecule has 558 valence electrons. The van der Waals surface area contributed by atoms with E-state index < -0.39 is 86.8 Å². The molecule has 2 fully saturated rings. The van der Waals surface area contributed by atoms with Gasteiger partial charge in [0.25, 0.3) is 0 Å². The monoisotopic (exact) mass is 1360 g/mol. The SMILES string of the molecule is CC/C=C\C/C=C\C/C=C\C/C=C\C/C=C\C/C=C\C/C=C\C/C=C\C/C=C\C/C=C\CCCCCCC(=O)NC(COC1OC(CO)C(OC2OC(CO)C(O)C(O)C2O)C(O)C1O)C(O)CCCCCCCCCCCCCCCCCCCCCCCCCCCCCC. The van der Waals surface area contributed by atoms with Crippen LogP contribution in [0.1, 0.15) is 303 Å². The molecule has 2 aliphatic heterocycles. The molecule has 14 heteroatoms. The minimum Gasteiger partial charge on any atom is -0.394 e. The second kappa shape index (κ2) is 65.7. The number of aliphatic hydroxyl groups is 8. The molecule has 9 N–H and O–H groups in total. The first-order chi connectivity index (χ1) is 47.6. The van der Waals surface area contributed by atoms with Gasteiger partial charge in [-0.15, -0.1) is 0 Å². The van der Waals surface area contributed by atoms with E-state index in [1.807, 2.05) is 0 Å². The minimum absolute atomic E-state index is 0.232. The maximum Gasteiger partial charge on any atom is 0.220 e. The van der Waals surface area contributed by atoms with Crippen LogP contribution in [-0.2, 0) is 23.7 Å². The highest BCUT2D eigenvalue weighted by molar-refractivity contribution is 5.76. The van der Waals surface area contributed by atoms with Gasteiger partial charge in [0.15, 0.2) is 12.6 Å². The van der Waals surface area contributed by atoms with Crippen molar-refractivity contribution in [3.05, 3.63) is 122 Å². The molecule has 0 aromatic rings. The van der Waals surface area contributed by atoms with Gasteiger partial charge in [-0.1, -0.05) is 328 Å². The Balaban J connectivity index is 1.66. The van der Waals surface area contributed by atoms with E-state index in [0.29, 0.717) is 12.8 Å². The van der Waals surface area contributed by atoms with Gasteiger partial charge in [0, 0.05) is 6.42 Å². The molecule has 0 bridgehead atoms. The van der Waals surface area contributed by atoms with E-state index in [1.54, 1.807) is 0 Å². The third-order valence-electron chi connectivity index (χ3n) is 18.4. The van der Waals surface area contributed by atoms with Crippen LogP contribution in [0.25, 0.3) is 0 Å². The van der Waals surface area contributed by atoms with E-state index in [0.717, 1.165) is 116 Å². The van der Waals surface area contributed by atoms with Crippen molar-refractivity contribution in [3.8, 4) is 0 Å². The van der Waals surface area contributed by atoms with Crippen molar-refractivity contribution in [1.82, 2.24) is 5.32 Å². The highest BCUT2D eigenvalue weighted by Crippen LogP contribution is 2.30. The number of hydrogen-bond acceptors (Lipinski definition) is 13. The highest BCUT2D eigenvalue weighted by Gasteiger charge is 2.51. The topological polar surface area (TPSA) is 228 Å². The van der Waals surface area contributed by atoms with Crippen molar-refractivity contribution >= 4 is 5.91 Å². The lowest BCUT2D eigenvalue weighted by atomic mass is 9.97. The quantitative estimate of drug-likeness (QED) is 0.0204. The molecule has 14 nitrogen and oxygen atoms in total. The largest absolute Gasteiger partial charge is 0.394 e. The summed E-state index contributed by atoms with van der Waals surface area (Å²) >= 11 is 0. The van der Waals surface area contributed by atoms with Gasteiger partial charge >= 0.3 is 0 Å². The van der Waals surface area contributed by atoms with Crippen LogP contribution in [0.3, 0.4) is 0 Å². The number of carbonyl (C=O) groups excluding carboxylic acids is 1. The van der Waals surface area contributed by atoms with Gasteiger partial charge < -0.3 is 65.1 Å². The third kappa shape index (κ3) is 48.8. The van der Waals surface area contributed by atoms with Crippen molar-refractivity contribution in [1.29, 1.82) is 0 Å². The summed E-state index contributed by atoms with van der Waals surface area (Å²) in [5, 5.41) is 87.8. The first-order valence-corrected chi connectivity index (χ1v) is 39.3. The molecule has 0 aromatic heterocycles. The first-order valence-electron chi connectivity index (χ1n) is 39.3. The van der Waals surface area contributed by atoms with Gasteiger partial charge in [-0.25, -0.2) is 0 Å². The van der Waals surface area contributed by atoms with E-state index in [1.165, 1.54) is 154 Å². The maximum atomic E-state index is 13.4. The summed E-state index contributed by atoms with van der Waals surface area (Å²) in [5.41, 5.74) is 0. The molecule has 2 saturated heterocycles. The predicted molar refractivity (Wildman–Crippen MR) is 401 cm³/mol. The lowest BCUT2D eigenvalue weighted by Crippen LogP contribution is -2.65. The number of amides is 1. The number of hydrogen-bond donors (Lipinski definition) is 9. The molecule has 0 aliphatic carbocycles. The first kappa shape index (κ1) is 89.5. The smallest absolute Gasteiger partial charge is 0.220 e. The Labute approximate surface area is 590 Å². The summed E-state index contributed by atoms with van der Waals surface area (Å²) < 4.78 is 22.9. The van der Waals surface area contributed by atoms with Gasteiger partial charge in [-0.3, -0.25) is 4.79 Å². The molecule has 12 atom stereocenters. The number of aliphatic hydroxyl groups excluding tert-OH is 8. The van der Waals surface area contributed by atoms with Gasteiger partial charge in [0.1, 0.15) is 48.8 Å². The standard InChI is InChI=1S/C83H143NO13/c1-3-5-7-9-11-13-15-17-19-21-23-25-27-29-31-33-34-35-36-37-38-39-41-43-45-47-49-51-53-55-57-59-61-63-65-67-75(88)84-71(70-94-82-80(93)78(91)81(74(69-86)96-82)97-83-79(92)77(90)76(89)73(68-85)95-83)72(87)66-64-62-60-58-56-54-52-50-48-46-44-42-40-32-30-28-26-24-22-20-18-16-14-12-10-8-6-4-2/h5,7,11,13,17,19,23,25,29,31,34-35,37-38,41,43,47,49,53,55,71-74,76-83,85-87,89-93H,3-4,6,8-10,12,14-16,18,20-22,24,26-28,30,32-33,36,39-40,42,44-46,48,50-52,54,56-70H2,1-2H3,(H,84,88)/b7-5-,13-11-,19-17-,25-23-,31-29-,35-34-,38-37-,43-41-,49-47-,55-53-. The molecule has 0 saturated carbocycles. The van der Waals surface area contributed by atoms with Crippen LogP contribution in [0.5, 0.6) is 0 Å². The molecular weight excluding hydrogens is 1220 g/mol. The second-order valence-electron chi connectivity index (χ2n) is 27.1. The molecule has 97 heavy (non-hydrogen) atoms. The number of rotatable bonds is 64. The molecule has 2 aliphatic rings. The fourth-order valence-corrected chi connectivity index (χ4v) is 12.3. The summed E-state index contributed by atoms with van der Waals surface area (Å²) in [6.45, 7) is 2.76. The second-order valence-corrected chi connectivity index (χ2v) is 27.1. The van der Waals surface area contributed by atoms with Crippen molar-refractivity contribution in [3.63, 3.8) is 0 Å². The molecule has 2 rings (SSSR count). The van der Waals surface area contributed by atoms with Crippen LogP contribution in [-0.4, -0.2) is 140 Å². The zero-order chi connectivity index (χ0) is 70.1. The normalized spacial score (nSPS) is 22.8. The molecular formula is C83H143NO13. The van der Waals surface area contributed by atoms with Crippen LogP contribution in [0.2, 0.25) is 0 Å². The maximum absolute atomic E-state index is 13.4. The minimum atomic E-state index is -1.79. The molecule has 1 amide bonds. The number of carbonyl (C=O) groups is 1. The summed E-state index contributed by atoms with van der Waals surface area (Å²) in [6, 6.07) is -0.854. The lowest BCUT2D eigenvalue weighted by molar-refractivity contribution is -0.359. The Bertz CT molecular complexity index is 2100. The average molecular weight is 1360 g/mol. The zero-order valence-corrected chi connectivity index (χ0v) is 61.0. The Morgan fingerprint density at radius 3 is 1.09 bits per heavy atom. The van der Waals surface area contributed by atoms with E-state index in [-0.39, 0.29) is 18.9 Å². The third-order valence-corrected chi connectivity index (χ3v) is 18.4. The zero-order valence-electron chi connectivity index (χ0n) is 61.0. The van der Waals surface area contributed by atoms with E-state index in [4.69, 9.17) is 18.9 Å². The molecule has 0 spiro atoms. The highest BCUT2D eigenvalue weighted by atomic mass is 16.7. The van der Waals surface area contributed by atoms with E-state index in [9.17, 15) is 45.6 Å². The van der Waals surface area contributed by atoms with Crippen molar-refractivity contribution < 1.29 is 64.6 Å². The Morgan fingerprint density at radius 1 is 0.381 bits per heavy atom. The number of allylic oxidation sites excluding steroid dienone is 20. The molecule has 2 heterocycles. The van der Waals surface area contributed by atoms with Crippen LogP contribution in [0.15, 0.2) is 122 Å². The molecule has 0 radical (unpaired) electrons. The van der Waals surface area contributed by atoms with E-state index in [2.05, 4.69) is 141 Å². The van der Waals surface area contributed by atoms with Crippen LogP contribution < -0.4 is 5.32 Å². The number of nitrogens with one attached hydrogen (secondary N) is 1. The summed E-state index contributed by atoms with van der Waals surface area (Å²) in [5.74, 6) is -0.232. The Hall–Kier alpha value is -3.61. The fraction of sp³-hybridized carbons (Fsp3) is 0.747. The van der Waals surface area contributed by atoms with Gasteiger partial charge in [-0.05, 0) is 89.9 Å². The Kier molecular flexibility index (Phi) is 60.6. The van der Waals surface area contributed by atoms with Gasteiger partial charge in [-0.2, -0.15) is 0 Å². The van der Waals surface area contributed by atoms with Crippen molar-refractivity contribution in [2.24, 2.45) is 0 Å². The summed E-state index contributed by atoms with van der Waals surface area (Å²) in [4.78, 5) is 13.4. The fourth-order valence-electron chi connectivity index (χ4n) is 12.3. The van der Waals surface area contributed by atoms with Crippen molar-refractivity contribution in [2.75, 3.05) is 19.8 Å². The van der Waals surface area contributed by atoms with E-state index >= 15 is 0 Å². The van der Waals surface area contributed by atoms with Gasteiger partial charge in [0.05, 0.1) is 32.0 Å². The number of ether oxygens (including phenoxy) is 4. The average Bonchev–Trinajstić information content (AvgIpc) is 0.793. The van der Waals surface area contributed by atoms with Gasteiger partial charge in [0.2, 0.25) is 5.91 Å². The molecule has 12 unspecified atom stereocenters. The van der Waals surface area contributed by atoms with Crippen LogP contribution in [0.4, 0.5) is 0 Å². The lowest BCUT2D eigenvalue weighted by Gasteiger charge is -2.46. The van der Waals surface area contributed by atoms with Crippen LogP contribution in [0, 0.1) is 0 Å².